The number of nitrogens with zero attached hydrogens (tertiary/aromatic N) is 1. The van der Waals surface area contributed by atoms with Crippen LogP contribution in [-0.4, -0.2) is 22.1 Å². The van der Waals surface area contributed by atoms with Gasteiger partial charge in [0, 0.05) is 28.9 Å². The van der Waals surface area contributed by atoms with Gasteiger partial charge in [0.1, 0.15) is 5.82 Å². The van der Waals surface area contributed by atoms with E-state index in [0.29, 0.717) is 35.6 Å². The first-order valence-electron chi connectivity index (χ1n) is 8.78. The maximum atomic E-state index is 12.9. The van der Waals surface area contributed by atoms with Gasteiger partial charge in [0.15, 0.2) is 0 Å². The monoisotopic (exact) mass is 379 g/mol. The molecule has 27 heavy (non-hydrogen) atoms. The van der Waals surface area contributed by atoms with E-state index in [1.54, 1.807) is 31.2 Å². The molecule has 1 aromatic heterocycles. The number of halogens is 3. The molecule has 3 rings (SSSR count). The van der Waals surface area contributed by atoms with Crippen molar-refractivity contribution in [3.63, 3.8) is 0 Å². The predicted octanol–water partition coefficient (Wildman–Crippen LogP) is 4.05. The highest BCUT2D eigenvalue weighted by atomic mass is 19.4. The van der Waals surface area contributed by atoms with E-state index in [2.05, 4.69) is 15.3 Å². The molecule has 1 aliphatic rings. The number of hydrogen-bond donors (Lipinski definition) is 2. The molecule has 1 saturated carbocycles. The van der Waals surface area contributed by atoms with Gasteiger partial charge in [-0.2, -0.15) is 13.2 Å². The maximum Gasteiger partial charge on any atom is 0.391 e. The maximum absolute atomic E-state index is 12.9. The van der Waals surface area contributed by atoms with Crippen molar-refractivity contribution in [2.75, 3.05) is 5.32 Å². The van der Waals surface area contributed by atoms with Gasteiger partial charge in [-0.1, -0.05) is 6.42 Å². The van der Waals surface area contributed by atoms with Crippen molar-refractivity contribution in [3.05, 3.63) is 46.4 Å². The average Bonchev–Trinajstić information content (AvgIpc) is 2.61. The lowest BCUT2D eigenvalue weighted by molar-refractivity contribution is -0.185. The lowest BCUT2D eigenvalue weighted by Gasteiger charge is -2.29. The summed E-state index contributed by atoms with van der Waals surface area (Å²) in [7, 11) is 0. The van der Waals surface area contributed by atoms with Crippen LogP contribution in [0.2, 0.25) is 0 Å². The van der Waals surface area contributed by atoms with Gasteiger partial charge in [0.25, 0.3) is 5.56 Å². The van der Waals surface area contributed by atoms with Crippen molar-refractivity contribution in [2.45, 2.75) is 38.8 Å². The molecule has 1 amide bonds. The zero-order valence-corrected chi connectivity index (χ0v) is 14.8. The Morgan fingerprint density at radius 1 is 1.22 bits per heavy atom. The van der Waals surface area contributed by atoms with Crippen LogP contribution in [0.5, 0.6) is 0 Å². The Labute approximate surface area is 154 Å². The lowest BCUT2D eigenvalue weighted by atomic mass is 9.80. The molecule has 0 bridgehead atoms. The molecule has 0 aliphatic heterocycles. The summed E-state index contributed by atoms with van der Waals surface area (Å²) in [6.07, 6.45) is -3.47. The number of carbonyl (C=O) groups excluding carboxylic acids is 1. The van der Waals surface area contributed by atoms with Crippen LogP contribution in [0, 0.1) is 18.8 Å². The quantitative estimate of drug-likeness (QED) is 0.845. The molecule has 2 N–H and O–H groups in total. The molecule has 0 saturated heterocycles. The SMILES string of the molecule is Cc1cc(=O)[nH]c(-c2ccc(NC(=O)C3CCCC(C(F)(F)F)C3)cc2)n1. The smallest absolute Gasteiger partial charge is 0.326 e. The van der Waals surface area contributed by atoms with Gasteiger partial charge in [-0.05, 0) is 50.5 Å². The zero-order valence-electron chi connectivity index (χ0n) is 14.8. The minimum Gasteiger partial charge on any atom is -0.326 e. The van der Waals surface area contributed by atoms with Crippen molar-refractivity contribution in [3.8, 4) is 11.4 Å². The number of amides is 1. The Kier molecular flexibility index (Phi) is 5.34. The summed E-state index contributed by atoms with van der Waals surface area (Å²) in [6, 6.07) is 8.04. The van der Waals surface area contributed by atoms with Crippen molar-refractivity contribution >= 4 is 11.6 Å². The number of aromatic nitrogens is 2. The van der Waals surface area contributed by atoms with Crippen LogP contribution in [0.1, 0.15) is 31.4 Å². The highest BCUT2D eigenvalue weighted by Crippen LogP contribution is 2.40. The van der Waals surface area contributed by atoms with Crippen LogP contribution in [0.3, 0.4) is 0 Å². The number of carbonyl (C=O) groups is 1. The van der Waals surface area contributed by atoms with E-state index in [1.165, 1.54) is 6.07 Å². The molecule has 2 atom stereocenters. The van der Waals surface area contributed by atoms with Crippen molar-refractivity contribution in [1.82, 2.24) is 9.97 Å². The van der Waals surface area contributed by atoms with Gasteiger partial charge in [0.05, 0.1) is 5.92 Å². The summed E-state index contributed by atoms with van der Waals surface area (Å²) in [5.74, 6) is -2.02. The van der Waals surface area contributed by atoms with Crippen LogP contribution >= 0.6 is 0 Å². The summed E-state index contributed by atoms with van der Waals surface area (Å²) in [5, 5.41) is 2.69. The Morgan fingerprint density at radius 3 is 2.56 bits per heavy atom. The average molecular weight is 379 g/mol. The molecule has 5 nitrogen and oxygen atoms in total. The number of nitrogens with one attached hydrogen (secondary N) is 2. The van der Waals surface area contributed by atoms with E-state index in [0.717, 1.165) is 0 Å². The highest BCUT2D eigenvalue weighted by molar-refractivity contribution is 5.92. The Balaban J connectivity index is 1.67. The number of benzene rings is 1. The Hall–Kier alpha value is -2.64. The van der Waals surface area contributed by atoms with Crippen LogP contribution in [0.15, 0.2) is 35.1 Å². The first kappa shape index (κ1) is 19.1. The summed E-state index contributed by atoms with van der Waals surface area (Å²) >= 11 is 0. The van der Waals surface area contributed by atoms with E-state index < -0.39 is 23.9 Å². The predicted molar refractivity (Wildman–Crippen MR) is 95.2 cm³/mol. The molecule has 2 aromatic rings. The third-order valence-electron chi connectivity index (χ3n) is 4.80. The van der Waals surface area contributed by atoms with Gasteiger partial charge in [-0.15, -0.1) is 0 Å². The topological polar surface area (TPSA) is 74.8 Å². The fourth-order valence-electron chi connectivity index (χ4n) is 3.40. The first-order chi connectivity index (χ1) is 12.7. The minimum atomic E-state index is -4.25. The van der Waals surface area contributed by atoms with Gasteiger partial charge in [-0.25, -0.2) is 4.98 Å². The molecule has 1 aliphatic carbocycles. The fraction of sp³-hybridized carbons (Fsp3) is 0.421. The number of rotatable bonds is 3. The Morgan fingerprint density at radius 2 is 1.93 bits per heavy atom. The third kappa shape index (κ3) is 4.75. The molecule has 0 spiro atoms. The van der Waals surface area contributed by atoms with E-state index in [1.807, 2.05) is 0 Å². The molecule has 144 valence electrons. The lowest BCUT2D eigenvalue weighted by Crippen LogP contribution is -2.34. The molecule has 1 heterocycles. The van der Waals surface area contributed by atoms with Crippen LogP contribution in [0.4, 0.5) is 18.9 Å². The Bertz CT molecular complexity index is 875. The second-order valence-electron chi connectivity index (χ2n) is 6.90. The molecular formula is C19H20F3N3O2. The largest absolute Gasteiger partial charge is 0.391 e. The van der Waals surface area contributed by atoms with E-state index in [-0.39, 0.29) is 18.4 Å². The number of aromatic amines is 1. The van der Waals surface area contributed by atoms with Gasteiger partial charge in [-0.3, -0.25) is 9.59 Å². The summed E-state index contributed by atoms with van der Waals surface area (Å²) in [5.41, 5.74) is 1.49. The summed E-state index contributed by atoms with van der Waals surface area (Å²) < 4.78 is 38.7. The standard InChI is InChI=1S/C19H20F3N3O2/c1-11-9-16(26)25-17(23-11)12-5-7-15(8-6-12)24-18(27)13-3-2-4-14(10-13)19(20,21)22/h5-9,13-14H,2-4,10H2,1H3,(H,24,27)(H,23,25,26). The minimum absolute atomic E-state index is 0.0870. The number of anilines is 1. The van der Waals surface area contributed by atoms with Gasteiger partial charge in [0.2, 0.25) is 5.91 Å². The van der Waals surface area contributed by atoms with Crippen molar-refractivity contribution in [2.24, 2.45) is 11.8 Å². The fourth-order valence-corrected chi connectivity index (χ4v) is 3.40. The van der Waals surface area contributed by atoms with E-state index >= 15 is 0 Å². The number of hydrogen-bond acceptors (Lipinski definition) is 3. The number of H-pyrrole nitrogens is 1. The zero-order chi connectivity index (χ0) is 19.6. The van der Waals surface area contributed by atoms with E-state index in [9.17, 15) is 22.8 Å². The van der Waals surface area contributed by atoms with Crippen molar-refractivity contribution < 1.29 is 18.0 Å². The molecule has 1 aromatic carbocycles. The molecule has 0 radical (unpaired) electrons. The number of aryl methyl sites for hydroxylation is 1. The van der Waals surface area contributed by atoms with Gasteiger partial charge >= 0.3 is 6.18 Å². The normalized spacial score (nSPS) is 20.3. The second-order valence-corrected chi connectivity index (χ2v) is 6.90. The molecular weight excluding hydrogens is 359 g/mol. The summed E-state index contributed by atoms with van der Waals surface area (Å²) in [6.45, 7) is 1.71. The van der Waals surface area contributed by atoms with Crippen molar-refractivity contribution in [1.29, 1.82) is 0 Å². The van der Waals surface area contributed by atoms with Crippen LogP contribution in [-0.2, 0) is 4.79 Å². The first-order valence-corrected chi connectivity index (χ1v) is 8.78. The molecule has 2 unspecified atom stereocenters. The number of alkyl halides is 3. The highest BCUT2D eigenvalue weighted by Gasteiger charge is 2.43. The van der Waals surface area contributed by atoms with Gasteiger partial charge < -0.3 is 10.3 Å². The third-order valence-corrected chi connectivity index (χ3v) is 4.80. The van der Waals surface area contributed by atoms with Crippen LogP contribution in [0.25, 0.3) is 11.4 Å². The molecule has 8 heteroatoms. The molecule has 1 fully saturated rings. The second kappa shape index (κ2) is 7.54. The van der Waals surface area contributed by atoms with E-state index in [4.69, 9.17) is 0 Å². The van der Waals surface area contributed by atoms with Crippen LogP contribution < -0.4 is 10.9 Å². The summed E-state index contributed by atoms with van der Waals surface area (Å²) in [4.78, 5) is 30.8.